The normalized spacial score (nSPS) is 13.5. The van der Waals surface area contributed by atoms with Crippen molar-refractivity contribution >= 4 is 13.4 Å². The molecular weight excluding hydrogens is 349 g/mol. The molecule has 1 atom stereocenters. The number of hydrogen-bond donors (Lipinski definition) is 7. The lowest BCUT2D eigenvalue weighted by Gasteiger charge is -2.28. The van der Waals surface area contributed by atoms with E-state index in [1.54, 1.807) is 19.1 Å². The molecule has 9 heteroatoms. The topological polar surface area (TPSA) is 150 Å². The second kappa shape index (κ2) is 7.03. The van der Waals surface area contributed by atoms with Gasteiger partial charge in [0.15, 0.2) is 5.79 Å². The Bertz CT molecular complexity index is 786. The van der Waals surface area contributed by atoms with E-state index in [9.17, 15) is 25.0 Å². The van der Waals surface area contributed by atoms with Crippen LogP contribution >= 0.6 is 7.75 Å². The van der Waals surface area contributed by atoms with Crippen LogP contribution in [0.3, 0.4) is 0 Å². The van der Waals surface area contributed by atoms with E-state index in [0.717, 1.165) is 11.6 Å². The largest absolute Gasteiger partial charge is 0.508 e. The van der Waals surface area contributed by atoms with Gasteiger partial charge in [-0.05, 0) is 35.7 Å². The Balaban J connectivity index is 2.32. The number of aliphatic hydroxyl groups is 2. The number of anilines is 1. The summed E-state index contributed by atoms with van der Waals surface area (Å²) in [6.45, 7) is 1.74. The molecule has 0 heterocycles. The van der Waals surface area contributed by atoms with Gasteiger partial charge in [-0.3, -0.25) is 5.09 Å². The van der Waals surface area contributed by atoms with Crippen molar-refractivity contribution in [3.05, 3.63) is 53.6 Å². The van der Waals surface area contributed by atoms with Crippen LogP contribution in [0.2, 0.25) is 0 Å². The molecule has 0 saturated heterocycles. The predicted molar refractivity (Wildman–Crippen MR) is 91.0 cm³/mol. The Kier molecular flexibility index (Phi) is 5.41. The monoisotopic (exact) mass is 369 g/mol. The highest BCUT2D eigenvalue weighted by molar-refractivity contribution is 7.53. The van der Waals surface area contributed by atoms with Gasteiger partial charge >= 0.3 is 7.75 Å². The Morgan fingerprint density at radius 3 is 2.16 bits per heavy atom. The maximum absolute atomic E-state index is 11.2. The Morgan fingerprint density at radius 1 is 1.04 bits per heavy atom. The van der Waals surface area contributed by atoms with Crippen molar-refractivity contribution in [3.63, 3.8) is 0 Å². The summed E-state index contributed by atoms with van der Waals surface area (Å²) in [6, 6.07) is 9.60. The molecule has 0 saturated carbocycles. The lowest BCUT2D eigenvalue weighted by Crippen LogP contribution is -2.28. The van der Waals surface area contributed by atoms with Crippen molar-refractivity contribution in [2.75, 3.05) is 5.09 Å². The molecule has 25 heavy (non-hydrogen) atoms. The quantitative estimate of drug-likeness (QED) is 0.301. The number of phenolic OH excluding ortho intramolecular Hbond substituents is 2. The highest BCUT2D eigenvalue weighted by atomic mass is 31.2. The molecule has 8 nitrogen and oxygen atoms in total. The Morgan fingerprint density at radius 2 is 1.60 bits per heavy atom. The number of hydrogen-bond acceptors (Lipinski definition) is 5. The van der Waals surface area contributed by atoms with Gasteiger partial charge in [0.2, 0.25) is 0 Å². The molecule has 136 valence electrons. The average molecular weight is 369 g/mol. The second-order valence-electron chi connectivity index (χ2n) is 5.90. The summed E-state index contributed by atoms with van der Waals surface area (Å²) in [5.41, 5.74) is 0.282. The highest BCUT2D eigenvalue weighted by Gasteiger charge is 2.33. The summed E-state index contributed by atoms with van der Waals surface area (Å²) >= 11 is 0. The van der Waals surface area contributed by atoms with E-state index in [1.807, 2.05) is 5.09 Å². The number of phenols is 2. The van der Waals surface area contributed by atoms with E-state index in [2.05, 4.69) is 0 Å². The molecule has 2 aromatic rings. The van der Waals surface area contributed by atoms with E-state index >= 15 is 0 Å². The average Bonchev–Trinajstić information content (AvgIpc) is 2.45. The summed E-state index contributed by atoms with van der Waals surface area (Å²) in [5.74, 6) is -2.96. The molecule has 7 N–H and O–H groups in total. The molecule has 0 aliphatic heterocycles. The van der Waals surface area contributed by atoms with Gasteiger partial charge in [-0.2, -0.15) is 0 Å². The molecule has 0 aliphatic rings. The van der Waals surface area contributed by atoms with Crippen molar-refractivity contribution in [3.8, 4) is 11.5 Å². The zero-order valence-corrected chi connectivity index (χ0v) is 14.3. The molecular formula is C16H20NO7P. The zero-order chi connectivity index (χ0) is 18.8. The first-order valence-corrected chi connectivity index (χ1v) is 9.00. The Hall–Kier alpha value is -2.09. The molecule has 0 spiro atoms. The summed E-state index contributed by atoms with van der Waals surface area (Å²) < 4.78 is 11.2. The van der Waals surface area contributed by atoms with E-state index in [1.165, 1.54) is 24.3 Å². The molecule has 0 bridgehead atoms. The molecule has 2 aromatic carbocycles. The first-order chi connectivity index (χ1) is 11.5. The maximum atomic E-state index is 11.2. The lowest BCUT2D eigenvalue weighted by atomic mass is 9.89. The van der Waals surface area contributed by atoms with E-state index in [0.29, 0.717) is 0 Å². The van der Waals surface area contributed by atoms with E-state index in [4.69, 9.17) is 9.79 Å². The first-order valence-electron chi connectivity index (χ1n) is 7.39. The van der Waals surface area contributed by atoms with Gasteiger partial charge in [0.05, 0.1) is 5.69 Å². The minimum Gasteiger partial charge on any atom is -0.508 e. The van der Waals surface area contributed by atoms with Gasteiger partial charge in [0, 0.05) is 18.1 Å². The molecule has 0 aromatic heterocycles. The van der Waals surface area contributed by atoms with Crippen LogP contribution in [0.1, 0.15) is 30.4 Å². The third-order valence-electron chi connectivity index (χ3n) is 3.75. The van der Waals surface area contributed by atoms with Crippen molar-refractivity contribution in [1.82, 2.24) is 0 Å². The van der Waals surface area contributed by atoms with Gasteiger partial charge in [-0.1, -0.05) is 19.1 Å². The molecule has 1 unspecified atom stereocenters. The van der Waals surface area contributed by atoms with Gasteiger partial charge in [0.1, 0.15) is 11.5 Å². The number of nitrogens with one attached hydrogen (secondary N) is 1. The minimum atomic E-state index is -4.71. The van der Waals surface area contributed by atoms with Gasteiger partial charge in [-0.25, -0.2) is 4.57 Å². The van der Waals surface area contributed by atoms with Gasteiger partial charge < -0.3 is 30.2 Å². The van der Waals surface area contributed by atoms with Crippen LogP contribution < -0.4 is 5.09 Å². The van der Waals surface area contributed by atoms with Crippen molar-refractivity contribution in [2.45, 2.75) is 25.0 Å². The number of aromatic hydroxyl groups is 2. The van der Waals surface area contributed by atoms with Crippen LogP contribution in [-0.4, -0.2) is 30.2 Å². The van der Waals surface area contributed by atoms with Crippen LogP contribution in [0.15, 0.2) is 42.5 Å². The summed E-state index contributed by atoms with van der Waals surface area (Å²) in [7, 11) is -4.71. The first kappa shape index (κ1) is 19.2. The molecule has 0 fully saturated rings. The second-order valence-corrected chi connectivity index (χ2v) is 7.21. The van der Waals surface area contributed by atoms with E-state index < -0.39 is 13.5 Å². The summed E-state index contributed by atoms with van der Waals surface area (Å²) in [5, 5.41) is 41.6. The summed E-state index contributed by atoms with van der Waals surface area (Å²) in [4.78, 5) is 18.1. The van der Waals surface area contributed by atoms with Crippen molar-refractivity contribution in [2.24, 2.45) is 0 Å². The lowest BCUT2D eigenvalue weighted by molar-refractivity contribution is -0.176. The Labute approximate surface area is 144 Å². The third kappa shape index (κ3) is 5.19. The van der Waals surface area contributed by atoms with Crippen LogP contribution in [0.5, 0.6) is 11.5 Å². The number of rotatable bonds is 6. The van der Waals surface area contributed by atoms with Crippen LogP contribution in [0.25, 0.3) is 0 Å². The predicted octanol–water partition coefficient (Wildman–Crippen LogP) is 1.93. The standard InChI is InChI=1S/C16H20NO7P/c1-10(11-2-4-12(18)5-3-11)9-16(20,21)14-7-6-13(19)8-15(14)17-25(22,23)24/h2-8,10,18-21H,9H2,1H3,(H3,17,22,23,24). The fourth-order valence-electron chi connectivity index (χ4n) is 2.59. The van der Waals surface area contributed by atoms with Crippen LogP contribution in [0, 0.1) is 0 Å². The van der Waals surface area contributed by atoms with E-state index in [-0.39, 0.29) is 35.1 Å². The molecule has 2 rings (SSSR count). The SMILES string of the molecule is CC(CC(O)(O)c1ccc(O)cc1NP(=O)(O)O)c1ccc(O)cc1. The molecule has 0 radical (unpaired) electrons. The number of benzene rings is 2. The molecule has 0 aliphatic carbocycles. The zero-order valence-electron chi connectivity index (χ0n) is 13.4. The van der Waals surface area contributed by atoms with Gasteiger partial charge in [0.25, 0.3) is 0 Å². The van der Waals surface area contributed by atoms with Gasteiger partial charge in [-0.15, -0.1) is 0 Å². The van der Waals surface area contributed by atoms with Crippen molar-refractivity contribution < 1.29 is 34.8 Å². The third-order valence-corrected chi connectivity index (χ3v) is 4.29. The van der Waals surface area contributed by atoms with Crippen LogP contribution in [0.4, 0.5) is 5.69 Å². The fourth-order valence-corrected chi connectivity index (χ4v) is 3.09. The highest BCUT2D eigenvalue weighted by Crippen LogP contribution is 2.42. The fraction of sp³-hybridized carbons (Fsp3) is 0.250. The minimum absolute atomic E-state index is 0.0851. The summed E-state index contributed by atoms with van der Waals surface area (Å²) in [6.07, 6.45) is -0.182. The molecule has 0 amide bonds. The van der Waals surface area contributed by atoms with Crippen LogP contribution in [-0.2, 0) is 10.4 Å². The van der Waals surface area contributed by atoms with Crippen molar-refractivity contribution in [1.29, 1.82) is 0 Å². The maximum Gasteiger partial charge on any atom is 0.427 e. The smallest absolute Gasteiger partial charge is 0.427 e.